The lowest BCUT2D eigenvalue weighted by atomic mass is 10.4. The van der Waals surface area contributed by atoms with E-state index in [1.165, 1.54) is 11.2 Å². The second-order valence-electron chi connectivity index (χ2n) is 3.09. The van der Waals surface area contributed by atoms with Gasteiger partial charge in [-0.3, -0.25) is 9.69 Å². The van der Waals surface area contributed by atoms with Gasteiger partial charge < -0.3 is 10.7 Å². The smallest absolute Gasteiger partial charge is 0.284 e. The van der Waals surface area contributed by atoms with Crippen molar-refractivity contribution >= 4 is 17.5 Å². The Labute approximate surface area is 83.0 Å². The number of amides is 1. The summed E-state index contributed by atoms with van der Waals surface area (Å²) in [5.41, 5.74) is 6.33. The zero-order valence-electron chi connectivity index (χ0n) is 7.47. The molecule has 2 aromatic heterocycles. The van der Waals surface area contributed by atoms with Crippen molar-refractivity contribution in [1.29, 1.82) is 0 Å². The zero-order chi connectivity index (χ0) is 10.4. The van der Waals surface area contributed by atoms with Crippen LogP contribution < -0.4 is 10.6 Å². The van der Waals surface area contributed by atoms with Gasteiger partial charge in [-0.15, -0.1) is 0 Å². The van der Waals surface area contributed by atoms with Crippen LogP contribution in [0.25, 0.3) is 0 Å². The predicted molar refractivity (Wildman–Crippen MR) is 47.8 cm³/mol. The SMILES string of the molecule is Nc1[nH]cnc1N1Cc2nonc2C1=O. The first-order valence-corrected chi connectivity index (χ1v) is 4.19. The topological polar surface area (TPSA) is 114 Å². The molecule has 0 atom stereocenters. The highest BCUT2D eigenvalue weighted by Crippen LogP contribution is 2.27. The van der Waals surface area contributed by atoms with Gasteiger partial charge in [0.15, 0.2) is 11.5 Å². The fraction of sp³-hybridized carbons (Fsp3) is 0.143. The Morgan fingerprint density at radius 2 is 2.40 bits per heavy atom. The number of aromatic amines is 1. The third kappa shape index (κ3) is 0.951. The van der Waals surface area contributed by atoms with Gasteiger partial charge in [0.05, 0.1) is 12.9 Å². The Morgan fingerprint density at radius 1 is 1.53 bits per heavy atom. The van der Waals surface area contributed by atoms with Crippen LogP contribution in [0.2, 0.25) is 0 Å². The van der Waals surface area contributed by atoms with Crippen LogP contribution in [-0.2, 0) is 6.54 Å². The summed E-state index contributed by atoms with van der Waals surface area (Å²) < 4.78 is 4.45. The Kier molecular flexibility index (Phi) is 1.36. The number of imidazole rings is 1. The fourth-order valence-corrected chi connectivity index (χ4v) is 1.51. The van der Waals surface area contributed by atoms with Gasteiger partial charge in [0, 0.05) is 0 Å². The lowest BCUT2D eigenvalue weighted by Crippen LogP contribution is -2.25. The Morgan fingerprint density at radius 3 is 3.07 bits per heavy atom. The molecule has 0 aromatic carbocycles. The molecule has 8 nitrogen and oxygen atoms in total. The average molecular weight is 206 g/mol. The lowest BCUT2D eigenvalue weighted by molar-refractivity contribution is 0.0984. The first-order valence-electron chi connectivity index (χ1n) is 4.19. The van der Waals surface area contributed by atoms with E-state index in [2.05, 4.69) is 24.9 Å². The van der Waals surface area contributed by atoms with Crippen LogP contribution in [0.3, 0.4) is 0 Å². The normalized spacial score (nSPS) is 14.7. The summed E-state index contributed by atoms with van der Waals surface area (Å²) in [6.07, 6.45) is 1.42. The standard InChI is InChI=1S/C7H6N6O2/c8-5-6(10-2-9-5)13-1-3-4(7(13)14)12-15-11-3/h2H,1,8H2,(H,9,10). The Balaban J connectivity index is 2.03. The Bertz CT molecular complexity index is 529. The van der Waals surface area contributed by atoms with E-state index in [1.807, 2.05) is 0 Å². The van der Waals surface area contributed by atoms with Gasteiger partial charge in [-0.2, -0.15) is 0 Å². The summed E-state index contributed by atoms with van der Waals surface area (Å²) in [5, 5.41) is 7.12. The van der Waals surface area contributed by atoms with E-state index in [-0.39, 0.29) is 18.1 Å². The molecule has 3 heterocycles. The van der Waals surface area contributed by atoms with Gasteiger partial charge in [-0.25, -0.2) is 9.61 Å². The number of nitrogen functional groups attached to an aromatic ring is 1. The molecule has 0 bridgehead atoms. The minimum atomic E-state index is -0.301. The van der Waals surface area contributed by atoms with Crippen molar-refractivity contribution < 1.29 is 9.42 Å². The maximum absolute atomic E-state index is 11.8. The number of carbonyl (C=O) groups is 1. The zero-order valence-corrected chi connectivity index (χ0v) is 7.47. The number of fused-ring (bicyclic) bond motifs is 1. The summed E-state index contributed by atoms with van der Waals surface area (Å²) in [6.45, 7) is 0.284. The number of aromatic nitrogens is 4. The summed E-state index contributed by atoms with van der Waals surface area (Å²) in [6, 6.07) is 0. The Hall–Kier alpha value is -2.38. The van der Waals surface area contributed by atoms with Crippen molar-refractivity contribution in [3.63, 3.8) is 0 Å². The van der Waals surface area contributed by atoms with Crippen LogP contribution >= 0.6 is 0 Å². The van der Waals surface area contributed by atoms with Crippen LogP contribution in [0.4, 0.5) is 11.6 Å². The van der Waals surface area contributed by atoms with Crippen molar-refractivity contribution in [1.82, 2.24) is 20.3 Å². The maximum atomic E-state index is 11.8. The molecule has 1 aliphatic rings. The van der Waals surface area contributed by atoms with Crippen LogP contribution in [-0.4, -0.2) is 26.2 Å². The molecule has 0 saturated heterocycles. The van der Waals surface area contributed by atoms with Crippen molar-refractivity contribution in [2.45, 2.75) is 6.54 Å². The van der Waals surface area contributed by atoms with Gasteiger partial charge >= 0.3 is 0 Å². The minimum Gasteiger partial charge on any atom is -0.382 e. The number of H-pyrrole nitrogens is 1. The highest BCUT2D eigenvalue weighted by molar-refractivity contribution is 6.08. The molecule has 0 aliphatic carbocycles. The van der Waals surface area contributed by atoms with Gasteiger partial charge in [0.25, 0.3) is 5.91 Å². The molecule has 8 heteroatoms. The van der Waals surface area contributed by atoms with E-state index in [4.69, 9.17) is 5.73 Å². The molecule has 3 N–H and O–H groups in total. The predicted octanol–water partition coefficient (Wildman–Crippen LogP) is -0.465. The molecule has 0 unspecified atom stereocenters. The molecule has 3 rings (SSSR count). The quantitative estimate of drug-likeness (QED) is 0.652. The molecule has 15 heavy (non-hydrogen) atoms. The van der Waals surface area contributed by atoms with Crippen molar-refractivity contribution in [3.8, 4) is 0 Å². The number of anilines is 2. The van der Waals surface area contributed by atoms with Gasteiger partial charge in [-0.05, 0) is 5.16 Å². The van der Waals surface area contributed by atoms with Crippen LogP contribution in [0.15, 0.2) is 11.0 Å². The van der Waals surface area contributed by atoms with Gasteiger partial charge in [0.2, 0.25) is 0 Å². The number of hydrogen-bond acceptors (Lipinski definition) is 6. The highest BCUT2D eigenvalue weighted by Gasteiger charge is 2.35. The first-order chi connectivity index (χ1) is 7.27. The van der Waals surface area contributed by atoms with E-state index in [9.17, 15) is 4.79 Å². The second-order valence-corrected chi connectivity index (χ2v) is 3.09. The fourth-order valence-electron chi connectivity index (χ4n) is 1.51. The average Bonchev–Trinajstić information content (AvgIpc) is 2.85. The summed E-state index contributed by atoms with van der Waals surface area (Å²) in [5.74, 6) is 0.426. The van der Waals surface area contributed by atoms with Crippen LogP contribution in [0, 0.1) is 0 Å². The number of nitrogens with zero attached hydrogens (tertiary/aromatic N) is 4. The summed E-state index contributed by atoms with van der Waals surface area (Å²) in [4.78, 5) is 19.8. The number of rotatable bonds is 1. The number of hydrogen-bond donors (Lipinski definition) is 2. The molecule has 76 valence electrons. The largest absolute Gasteiger partial charge is 0.382 e. The third-order valence-corrected chi connectivity index (χ3v) is 2.22. The molecule has 0 saturated carbocycles. The molecule has 0 fully saturated rings. The van der Waals surface area contributed by atoms with Crippen molar-refractivity contribution in [2.75, 3.05) is 10.6 Å². The highest BCUT2D eigenvalue weighted by atomic mass is 16.6. The third-order valence-electron chi connectivity index (χ3n) is 2.22. The van der Waals surface area contributed by atoms with E-state index >= 15 is 0 Å². The van der Waals surface area contributed by atoms with E-state index in [1.54, 1.807) is 0 Å². The molecule has 2 aromatic rings. The molecule has 1 amide bonds. The van der Waals surface area contributed by atoms with Crippen molar-refractivity contribution in [3.05, 3.63) is 17.7 Å². The minimum absolute atomic E-state index is 0.220. The number of nitrogens with two attached hydrogens (primary N) is 1. The van der Waals surface area contributed by atoms with E-state index in [0.717, 1.165) is 0 Å². The molecule has 0 spiro atoms. The monoisotopic (exact) mass is 206 g/mol. The van der Waals surface area contributed by atoms with E-state index < -0.39 is 0 Å². The molecule has 0 radical (unpaired) electrons. The van der Waals surface area contributed by atoms with Crippen LogP contribution in [0.1, 0.15) is 16.2 Å². The lowest BCUT2D eigenvalue weighted by Gasteiger charge is -2.11. The van der Waals surface area contributed by atoms with E-state index in [0.29, 0.717) is 17.3 Å². The first kappa shape index (κ1) is 7.97. The summed E-state index contributed by atoms with van der Waals surface area (Å²) in [7, 11) is 0. The van der Waals surface area contributed by atoms with Gasteiger partial charge in [0.1, 0.15) is 11.5 Å². The molecular formula is C7H6N6O2. The number of carbonyl (C=O) groups excluding carboxylic acids is 1. The maximum Gasteiger partial charge on any atom is 0.284 e. The molecule has 1 aliphatic heterocycles. The van der Waals surface area contributed by atoms with Crippen molar-refractivity contribution in [2.24, 2.45) is 0 Å². The second kappa shape index (κ2) is 2.56. The summed E-state index contributed by atoms with van der Waals surface area (Å²) >= 11 is 0. The van der Waals surface area contributed by atoms with Crippen LogP contribution in [0.5, 0.6) is 0 Å². The van der Waals surface area contributed by atoms with Gasteiger partial charge in [-0.1, -0.05) is 5.16 Å². The molecular weight excluding hydrogens is 200 g/mol. The number of nitrogens with one attached hydrogen (secondary N) is 1.